The van der Waals surface area contributed by atoms with Crippen LogP contribution in [0.25, 0.3) is 0 Å². The second-order valence-corrected chi connectivity index (χ2v) is 5.11. The Labute approximate surface area is 104 Å². The number of hydrogen-bond donors (Lipinski definition) is 1. The highest BCUT2D eigenvalue weighted by Crippen LogP contribution is 2.22. The van der Waals surface area contributed by atoms with Gasteiger partial charge in [-0.1, -0.05) is 45.7 Å². The molecule has 0 aliphatic rings. The van der Waals surface area contributed by atoms with E-state index in [0.717, 1.165) is 19.3 Å². The third-order valence-electron chi connectivity index (χ3n) is 3.04. The quantitative estimate of drug-likeness (QED) is 0.754. The van der Waals surface area contributed by atoms with E-state index < -0.39 is 0 Å². The van der Waals surface area contributed by atoms with Crippen LogP contribution in [0, 0.1) is 11.8 Å². The predicted octanol–water partition coefficient (Wildman–Crippen LogP) is 4.04. The van der Waals surface area contributed by atoms with Crippen molar-refractivity contribution in [1.82, 2.24) is 0 Å². The minimum absolute atomic E-state index is 0.0120. The topological polar surface area (TPSA) is 37.3 Å². The van der Waals surface area contributed by atoms with Crippen molar-refractivity contribution in [1.29, 1.82) is 0 Å². The van der Waals surface area contributed by atoms with Crippen molar-refractivity contribution in [3.05, 3.63) is 29.8 Å². The molecule has 0 radical (unpaired) electrons. The number of para-hydroxylation sites is 1. The van der Waals surface area contributed by atoms with Crippen LogP contribution in [-0.4, -0.2) is 10.9 Å². The Hall–Kier alpha value is -1.31. The molecule has 0 heterocycles. The van der Waals surface area contributed by atoms with Gasteiger partial charge in [-0.2, -0.15) is 0 Å². The van der Waals surface area contributed by atoms with Gasteiger partial charge in [0.25, 0.3) is 0 Å². The van der Waals surface area contributed by atoms with Crippen LogP contribution in [0.5, 0.6) is 5.75 Å². The van der Waals surface area contributed by atoms with Crippen molar-refractivity contribution in [2.75, 3.05) is 0 Å². The summed E-state index contributed by atoms with van der Waals surface area (Å²) in [6.07, 6.45) is 3.11. The molecule has 0 aliphatic carbocycles. The van der Waals surface area contributed by atoms with Crippen LogP contribution in [0.3, 0.4) is 0 Å². The number of carbonyl (C=O) groups is 1. The van der Waals surface area contributed by atoms with Gasteiger partial charge in [-0.3, -0.25) is 4.79 Å². The van der Waals surface area contributed by atoms with Gasteiger partial charge in [0.05, 0.1) is 5.56 Å². The first-order valence-corrected chi connectivity index (χ1v) is 6.34. The number of benzene rings is 1. The summed E-state index contributed by atoms with van der Waals surface area (Å²) in [5.41, 5.74) is 0.449. The molecule has 0 aromatic heterocycles. The lowest BCUT2D eigenvalue weighted by Gasteiger charge is -2.12. The van der Waals surface area contributed by atoms with Crippen LogP contribution in [0.1, 0.15) is 50.4 Å². The number of carbonyl (C=O) groups excluding carboxylic acids is 1. The second kappa shape index (κ2) is 6.43. The van der Waals surface area contributed by atoms with Gasteiger partial charge in [-0.25, -0.2) is 0 Å². The fraction of sp³-hybridized carbons (Fsp3) is 0.533. The van der Waals surface area contributed by atoms with E-state index in [4.69, 9.17) is 0 Å². The summed E-state index contributed by atoms with van der Waals surface area (Å²) in [6, 6.07) is 6.77. The molecule has 0 bridgehead atoms. The molecule has 94 valence electrons. The van der Waals surface area contributed by atoms with E-state index in [-0.39, 0.29) is 17.5 Å². The van der Waals surface area contributed by atoms with Crippen molar-refractivity contribution >= 4 is 5.78 Å². The molecule has 2 heteroatoms. The molecule has 0 aliphatic heterocycles. The smallest absolute Gasteiger partial charge is 0.169 e. The highest BCUT2D eigenvalue weighted by Gasteiger charge is 2.17. The summed E-state index contributed by atoms with van der Waals surface area (Å²) in [5.74, 6) is 0.810. The molecule has 2 nitrogen and oxygen atoms in total. The van der Waals surface area contributed by atoms with Crippen LogP contribution in [0.15, 0.2) is 24.3 Å². The minimum atomic E-state index is -0.0120. The SMILES string of the molecule is CC(C)CCCC(C)C(=O)c1ccccc1O. The number of rotatable bonds is 6. The first kappa shape index (κ1) is 13.8. The molecule has 1 N–H and O–H groups in total. The van der Waals surface area contributed by atoms with E-state index in [0.29, 0.717) is 11.5 Å². The lowest BCUT2D eigenvalue weighted by Crippen LogP contribution is -2.11. The Balaban J connectivity index is 2.55. The molecule has 0 saturated heterocycles. The number of phenols is 1. The molecule has 1 aromatic carbocycles. The Morgan fingerprint density at radius 2 is 1.82 bits per heavy atom. The van der Waals surface area contributed by atoms with Gasteiger partial charge < -0.3 is 5.11 Å². The highest BCUT2D eigenvalue weighted by atomic mass is 16.3. The van der Waals surface area contributed by atoms with E-state index in [2.05, 4.69) is 13.8 Å². The Kier molecular flexibility index (Phi) is 5.20. The molecule has 0 saturated carbocycles. The number of Topliss-reactive ketones (excluding diaryl/α,β-unsaturated/α-hetero) is 1. The van der Waals surface area contributed by atoms with Crippen LogP contribution < -0.4 is 0 Å². The molecule has 1 aromatic rings. The fourth-order valence-corrected chi connectivity index (χ4v) is 1.91. The number of ketones is 1. The summed E-state index contributed by atoms with van der Waals surface area (Å²) in [6.45, 7) is 6.32. The van der Waals surface area contributed by atoms with Gasteiger partial charge in [-0.05, 0) is 24.5 Å². The lowest BCUT2D eigenvalue weighted by atomic mass is 9.92. The highest BCUT2D eigenvalue weighted by molar-refractivity contribution is 5.99. The van der Waals surface area contributed by atoms with E-state index in [1.54, 1.807) is 24.3 Å². The minimum Gasteiger partial charge on any atom is -0.507 e. The second-order valence-electron chi connectivity index (χ2n) is 5.11. The first-order valence-electron chi connectivity index (χ1n) is 6.34. The average Bonchev–Trinajstić information content (AvgIpc) is 2.28. The maximum atomic E-state index is 12.1. The first-order chi connectivity index (χ1) is 8.02. The van der Waals surface area contributed by atoms with Crippen molar-refractivity contribution in [3.63, 3.8) is 0 Å². The zero-order valence-corrected chi connectivity index (χ0v) is 10.9. The summed E-state index contributed by atoms with van der Waals surface area (Å²) in [5, 5.41) is 9.62. The van der Waals surface area contributed by atoms with E-state index >= 15 is 0 Å². The number of hydrogen-bond acceptors (Lipinski definition) is 2. The largest absolute Gasteiger partial charge is 0.507 e. The van der Waals surface area contributed by atoms with Crippen LogP contribution in [0.2, 0.25) is 0 Å². The molecule has 0 fully saturated rings. The predicted molar refractivity (Wildman–Crippen MR) is 70.3 cm³/mol. The molecule has 0 amide bonds. The van der Waals surface area contributed by atoms with Gasteiger partial charge in [0, 0.05) is 5.92 Å². The van der Waals surface area contributed by atoms with Crippen molar-refractivity contribution < 1.29 is 9.90 Å². The molecule has 17 heavy (non-hydrogen) atoms. The maximum Gasteiger partial charge on any atom is 0.169 e. The van der Waals surface area contributed by atoms with Crippen LogP contribution in [-0.2, 0) is 0 Å². The molecular weight excluding hydrogens is 212 g/mol. The Bertz CT molecular complexity index is 369. The molecular formula is C15H22O2. The van der Waals surface area contributed by atoms with Gasteiger partial charge in [0.2, 0.25) is 0 Å². The number of aromatic hydroxyl groups is 1. The Morgan fingerprint density at radius 1 is 1.18 bits per heavy atom. The molecule has 1 atom stereocenters. The zero-order chi connectivity index (χ0) is 12.8. The third kappa shape index (κ3) is 4.22. The lowest BCUT2D eigenvalue weighted by molar-refractivity contribution is 0.0919. The van der Waals surface area contributed by atoms with Crippen molar-refractivity contribution in [2.45, 2.75) is 40.0 Å². The van der Waals surface area contributed by atoms with Gasteiger partial charge in [0.1, 0.15) is 5.75 Å². The van der Waals surface area contributed by atoms with Gasteiger partial charge in [-0.15, -0.1) is 0 Å². The van der Waals surface area contributed by atoms with E-state index in [9.17, 15) is 9.90 Å². The van der Waals surface area contributed by atoms with Crippen molar-refractivity contribution in [2.24, 2.45) is 11.8 Å². The Morgan fingerprint density at radius 3 is 2.41 bits per heavy atom. The normalized spacial score (nSPS) is 12.7. The van der Waals surface area contributed by atoms with E-state index in [1.165, 1.54) is 0 Å². The van der Waals surface area contributed by atoms with Gasteiger partial charge >= 0.3 is 0 Å². The standard InChI is InChI=1S/C15H22O2/c1-11(2)7-6-8-12(3)15(17)13-9-4-5-10-14(13)16/h4-5,9-12,16H,6-8H2,1-3H3. The summed E-state index contributed by atoms with van der Waals surface area (Å²) in [7, 11) is 0. The van der Waals surface area contributed by atoms with Gasteiger partial charge in [0.15, 0.2) is 5.78 Å². The molecule has 1 rings (SSSR count). The third-order valence-corrected chi connectivity index (χ3v) is 3.04. The van der Waals surface area contributed by atoms with Crippen molar-refractivity contribution in [3.8, 4) is 5.75 Å². The molecule has 0 spiro atoms. The monoisotopic (exact) mass is 234 g/mol. The van der Waals surface area contributed by atoms with E-state index in [1.807, 2.05) is 6.92 Å². The number of phenolic OH excluding ortho intramolecular Hbond substituents is 1. The fourth-order valence-electron chi connectivity index (χ4n) is 1.91. The maximum absolute atomic E-state index is 12.1. The average molecular weight is 234 g/mol. The summed E-state index contributed by atoms with van der Waals surface area (Å²) >= 11 is 0. The summed E-state index contributed by atoms with van der Waals surface area (Å²) < 4.78 is 0. The van der Waals surface area contributed by atoms with Crippen LogP contribution >= 0.6 is 0 Å². The molecule has 1 unspecified atom stereocenters. The van der Waals surface area contributed by atoms with Crippen LogP contribution in [0.4, 0.5) is 0 Å². The zero-order valence-electron chi connectivity index (χ0n) is 10.9. The summed E-state index contributed by atoms with van der Waals surface area (Å²) in [4.78, 5) is 12.1.